The Balaban J connectivity index is 1.44. The summed E-state index contributed by atoms with van der Waals surface area (Å²) in [4.78, 5) is 2.40. The molecule has 2 aromatic rings. The van der Waals surface area contributed by atoms with Crippen LogP contribution in [0.25, 0.3) is 0 Å². The molecule has 3 rings (SSSR count). The third kappa shape index (κ3) is 4.70. The van der Waals surface area contributed by atoms with Crippen molar-refractivity contribution in [3.05, 3.63) is 69.7 Å². The van der Waals surface area contributed by atoms with Crippen molar-refractivity contribution in [3.63, 3.8) is 0 Å². The van der Waals surface area contributed by atoms with Gasteiger partial charge in [-0.2, -0.15) is 11.8 Å². The highest BCUT2D eigenvalue weighted by Crippen LogP contribution is 2.45. The molecule has 0 aliphatic heterocycles. The standard InChI is InChI=1S/C20H23Cl2NS/c1-23(14-15-5-3-2-4-6-15)11-12-24-20-10-8-17(20)16-7-9-18(21)19(22)13-16/h2-7,9,13,17,20H,8,10-12,14H2,1H3. The van der Waals surface area contributed by atoms with Gasteiger partial charge in [-0.3, -0.25) is 0 Å². The number of halogens is 2. The number of hydrogen-bond acceptors (Lipinski definition) is 2. The van der Waals surface area contributed by atoms with E-state index in [9.17, 15) is 0 Å². The molecule has 1 aliphatic carbocycles. The Morgan fingerprint density at radius 2 is 1.83 bits per heavy atom. The molecule has 2 unspecified atom stereocenters. The molecule has 0 aromatic heterocycles. The first kappa shape index (κ1) is 18.1. The van der Waals surface area contributed by atoms with E-state index in [1.54, 1.807) is 0 Å². The molecule has 0 N–H and O–H groups in total. The average molecular weight is 380 g/mol. The second kappa shape index (κ2) is 8.62. The Labute approximate surface area is 159 Å². The topological polar surface area (TPSA) is 3.24 Å². The minimum atomic E-state index is 0.629. The van der Waals surface area contributed by atoms with Gasteiger partial charge < -0.3 is 4.90 Å². The lowest BCUT2D eigenvalue weighted by atomic mass is 9.79. The molecular formula is C20H23Cl2NS. The fourth-order valence-corrected chi connectivity index (χ4v) is 4.98. The van der Waals surface area contributed by atoms with Crippen molar-refractivity contribution >= 4 is 35.0 Å². The Hall–Kier alpha value is -0.670. The maximum absolute atomic E-state index is 6.16. The molecule has 0 bridgehead atoms. The molecule has 1 nitrogen and oxygen atoms in total. The van der Waals surface area contributed by atoms with Crippen molar-refractivity contribution in [2.24, 2.45) is 0 Å². The van der Waals surface area contributed by atoms with Crippen LogP contribution < -0.4 is 0 Å². The third-order valence-corrected chi connectivity index (χ3v) is 6.83. The van der Waals surface area contributed by atoms with Crippen molar-refractivity contribution in [1.82, 2.24) is 4.90 Å². The van der Waals surface area contributed by atoms with Gasteiger partial charge in [-0.05, 0) is 49.1 Å². The SMILES string of the molecule is CN(CCSC1CCC1c1ccc(Cl)c(Cl)c1)Cc1ccccc1. The number of rotatable bonds is 7. The third-order valence-electron chi connectivity index (χ3n) is 4.68. The van der Waals surface area contributed by atoms with Crippen LogP contribution in [0.5, 0.6) is 0 Å². The molecule has 2 aromatic carbocycles. The smallest absolute Gasteiger partial charge is 0.0595 e. The number of thioether (sulfide) groups is 1. The minimum Gasteiger partial charge on any atom is -0.301 e. The summed E-state index contributed by atoms with van der Waals surface area (Å²) in [6, 6.07) is 16.8. The molecule has 1 fully saturated rings. The van der Waals surface area contributed by atoms with E-state index >= 15 is 0 Å². The van der Waals surface area contributed by atoms with Crippen LogP contribution in [-0.4, -0.2) is 29.5 Å². The number of hydrogen-bond donors (Lipinski definition) is 0. The summed E-state index contributed by atoms with van der Waals surface area (Å²) < 4.78 is 0. The molecule has 0 radical (unpaired) electrons. The second-order valence-electron chi connectivity index (χ2n) is 6.49. The molecule has 1 aliphatic rings. The lowest BCUT2D eigenvalue weighted by Crippen LogP contribution is -2.28. The first-order valence-corrected chi connectivity index (χ1v) is 10.2. The Kier molecular flexibility index (Phi) is 6.51. The van der Waals surface area contributed by atoms with Crippen LogP contribution in [0.2, 0.25) is 10.0 Å². The zero-order chi connectivity index (χ0) is 16.9. The average Bonchev–Trinajstić information content (AvgIpc) is 2.55. The molecule has 128 valence electrons. The molecule has 2 atom stereocenters. The number of nitrogens with zero attached hydrogens (tertiary/aromatic N) is 1. The van der Waals surface area contributed by atoms with Crippen LogP contribution in [0.3, 0.4) is 0 Å². The van der Waals surface area contributed by atoms with Gasteiger partial charge in [0.15, 0.2) is 0 Å². The lowest BCUT2D eigenvalue weighted by Gasteiger charge is -2.37. The molecule has 0 spiro atoms. The summed E-state index contributed by atoms with van der Waals surface area (Å²) in [7, 11) is 2.20. The van der Waals surface area contributed by atoms with Crippen molar-refractivity contribution in [1.29, 1.82) is 0 Å². The Morgan fingerprint density at radius 3 is 2.50 bits per heavy atom. The van der Waals surface area contributed by atoms with Crippen LogP contribution in [0.4, 0.5) is 0 Å². The highest BCUT2D eigenvalue weighted by Gasteiger charge is 2.32. The van der Waals surface area contributed by atoms with Gasteiger partial charge in [0.1, 0.15) is 0 Å². The van der Waals surface area contributed by atoms with E-state index in [1.165, 1.54) is 29.7 Å². The van der Waals surface area contributed by atoms with Gasteiger partial charge in [-0.25, -0.2) is 0 Å². The van der Waals surface area contributed by atoms with Crippen molar-refractivity contribution in [3.8, 4) is 0 Å². The fourth-order valence-electron chi connectivity index (χ4n) is 3.13. The molecular weight excluding hydrogens is 357 g/mol. The van der Waals surface area contributed by atoms with Crippen molar-refractivity contribution < 1.29 is 0 Å². The van der Waals surface area contributed by atoms with Crippen LogP contribution in [0.15, 0.2) is 48.5 Å². The Morgan fingerprint density at radius 1 is 1.04 bits per heavy atom. The predicted molar refractivity (Wildman–Crippen MR) is 107 cm³/mol. The first-order chi connectivity index (χ1) is 11.6. The van der Waals surface area contributed by atoms with Crippen LogP contribution in [0.1, 0.15) is 29.9 Å². The maximum atomic E-state index is 6.16. The molecule has 0 amide bonds. The van der Waals surface area contributed by atoms with E-state index in [0.717, 1.165) is 13.1 Å². The van der Waals surface area contributed by atoms with Crippen LogP contribution >= 0.6 is 35.0 Å². The molecule has 0 saturated heterocycles. The van der Waals surface area contributed by atoms with Gasteiger partial charge in [0, 0.05) is 24.1 Å². The summed E-state index contributed by atoms with van der Waals surface area (Å²) >= 11 is 14.3. The summed E-state index contributed by atoms with van der Waals surface area (Å²) in [5, 5.41) is 2.03. The zero-order valence-corrected chi connectivity index (χ0v) is 16.2. The molecule has 24 heavy (non-hydrogen) atoms. The van der Waals surface area contributed by atoms with E-state index in [1.807, 2.05) is 12.1 Å². The van der Waals surface area contributed by atoms with E-state index in [2.05, 4.69) is 60.1 Å². The largest absolute Gasteiger partial charge is 0.301 e. The van der Waals surface area contributed by atoms with Gasteiger partial charge in [-0.15, -0.1) is 0 Å². The summed E-state index contributed by atoms with van der Waals surface area (Å²) in [5.74, 6) is 1.80. The van der Waals surface area contributed by atoms with Crippen LogP contribution in [0, 0.1) is 0 Å². The molecule has 4 heteroatoms. The summed E-state index contributed by atoms with van der Waals surface area (Å²) in [5.41, 5.74) is 2.72. The van der Waals surface area contributed by atoms with E-state index < -0.39 is 0 Å². The van der Waals surface area contributed by atoms with Gasteiger partial charge in [0.05, 0.1) is 10.0 Å². The zero-order valence-electron chi connectivity index (χ0n) is 13.9. The minimum absolute atomic E-state index is 0.629. The van der Waals surface area contributed by atoms with Gasteiger partial charge in [-0.1, -0.05) is 59.6 Å². The fraction of sp³-hybridized carbons (Fsp3) is 0.400. The number of benzene rings is 2. The maximum Gasteiger partial charge on any atom is 0.0595 e. The monoisotopic (exact) mass is 379 g/mol. The lowest BCUT2D eigenvalue weighted by molar-refractivity contribution is 0.347. The molecule has 0 heterocycles. The molecule has 1 saturated carbocycles. The first-order valence-electron chi connectivity index (χ1n) is 8.42. The highest BCUT2D eigenvalue weighted by molar-refractivity contribution is 8.00. The summed E-state index contributed by atoms with van der Waals surface area (Å²) in [6.07, 6.45) is 2.56. The van der Waals surface area contributed by atoms with Crippen molar-refractivity contribution in [2.45, 2.75) is 30.6 Å². The van der Waals surface area contributed by atoms with E-state index in [-0.39, 0.29) is 0 Å². The van der Waals surface area contributed by atoms with Gasteiger partial charge >= 0.3 is 0 Å². The van der Waals surface area contributed by atoms with E-state index in [4.69, 9.17) is 23.2 Å². The Bertz CT molecular complexity index is 662. The van der Waals surface area contributed by atoms with Crippen molar-refractivity contribution in [2.75, 3.05) is 19.3 Å². The van der Waals surface area contributed by atoms with Gasteiger partial charge in [0.2, 0.25) is 0 Å². The van der Waals surface area contributed by atoms with Crippen LogP contribution in [-0.2, 0) is 6.54 Å². The quantitative estimate of drug-likeness (QED) is 0.571. The normalized spacial score (nSPS) is 20.2. The summed E-state index contributed by atoms with van der Waals surface area (Å²) in [6.45, 7) is 2.13. The highest BCUT2D eigenvalue weighted by atomic mass is 35.5. The van der Waals surface area contributed by atoms with Gasteiger partial charge in [0.25, 0.3) is 0 Å². The second-order valence-corrected chi connectivity index (χ2v) is 8.65. The predicted octanol–water partition coefficient (Wildman–Crippen LogP) is 6.10. The van der Waals surface area contributed by atoms with E-state index in [0.29, 0.717) is 21.2 Å².